The standard InChI is InChI=1S/C13H18ClNO3/c1-2-18-8-7-13(17)15-12(9-16)10-3-5-11(14)6-4-10/h3-6,12,16H,2,7-9H2,1H3,(H,15,17). The summed E-state index contributed by atoms with van der Waals surface area (Å²) in [5, 5.41) is 12.7. The molecular formula is C13H18ClNO3. The molecule has 0 radical (unpaired) electrons. The van der Waals surface area contributed by atoms with Crippen LogP contribution in [0.1, 0.15) is 24.9 Å². The second-order valence-corrected chi connectivity index (χ2v) is 4.24. The summed E-state index contributed by atoms with van der Waals surface area (Å²) in [6, 6.07) is 6.62. The molecule has 0 aromatic heterocycles. The molecule has 0 bridgehead atoms. The Kier molecular flexibility index (Phi) is 6.72. The van der Waals surface area contributed by atoms with Crippen molar-refractivity contribution in [2.24, 2.45) is 0 Å². The molecule has 0 saturated heterocycles. The van der Waals surface area contributed by atoms with Crippen LogP contribution in [-0.4, -0.2) is 30.8 Å². The lowest BCUT2D eigenvalue weighted by molar-refractivity contribution is -0.123. The van der Waals surface area contributed by atoms with Crippen LogP contribution < -0.4 is 5.32 Å². The molecule has 1 unspecified atom stereocenters. The molecule has 1 aromatic carbocycles. The maximum Gasteiger partial charge on any atom is 0.222 e. The first-order valence-corrected chi connectivity index (χ1v) is 6.28. The molecule has 0 aliphatic heterocycles. The second kappa shape index (κ2) is 8.08. The van der Waals surface area contributed by atoms with E-state index in [2.05, 4.69) is 5.32 Å². The monoisotopic (exact) mass is 271 g/mol. The van der Waals surface area contributed by atoms with Crippen molar-refractivity contribution in [2.45, 2.75) is 19.4 Å². The minimum absolute atomic E-state index is 0.141. The number of ether oxygens (including phenoxy) is 1. The molecule has 1 amide bonds. The van der Waals surface area contributed by atoms with Gasteiger partial charge >= 0.3 is 0 Å². The first kappa shape index (κ1) is 15.0. The van der Waals surface area contributed by atoms with E-state index in [0.717, 1.165) is 5.56 Å². The van der Waals surface area contributed by atoms with Crippen LogP contribution in [0.5, 0.6) is 0 Å². The lowest BCUT2D eigenvalue weighted by Crippen LogP contribution is -2.31. The Bertz CT molecular complexity index is 367. The van der Waals surface area contributed by atoms with E-state index >= 15 is 0 Å². The van der Waals surface area contributed by atoms with Crippen LogP contribution in [-0.2, 0) is 9.53 Å². The molecule has 5 heteroatoms. The van der Waals surface area contributed by atoms with Crippen molar-refractivity contribution in [3.8, 4) is 0 Å². The Morgan fingerprint density at radius 2 is 2.11 bits per heavy atom. The summed E-state index contributed by atoms with van der Waals surface area (Å²) in [4.78, 5) is 11.6. The average molecular weight is 272 g/mol. The van der Waals surface area contributed by atoms with Gasteiger partial charge in [0.2, 0.25) is 5.91 Å². The normalized spacial score (nSPS) is 12.2. The van der Waals surface area contributed by atoms with Crippen molar-refractivity contribution in [1.29, 1.82) is 0 Å². The van der Waals surface area contributed by atoms with Crippen molar-refractivity contribution in [3.63, 3.8) is 0 Å². The summed E-state index contributed by atoms with van der Waals surface area (Å²) < 4.78 is 5.10. The lowest BCUT2D eigenvalue weighted by atomic mass is 10.1. The Morgan fingerprint density at radius 1 is 1.44 bits per heavy atom. The van der Waals surface area contributed by atoms with Crippen LogP contribution in [0, 0.1) is 0 Å². The molecule has 1 atom stereocenters. The van der Waals surface area contributed by atoms with Gasteiger partial charge in [0.1, 0.15) is 0 Å². The molecule has 2 N–H and O–H groups in total. The number of aliphatic hydroxyl groups is 1. The summed E-state index contributed by atoms with van der Waals surface area (Å²) in [7, 11) is 0. The summed E-state index contributed by atoms with van der Waals surface area (Å²) >= 11 is 5.78. The highest BCUT2D eigenvalue weighted by molar-refractivity contribution is 6.30. The summed E-state index contributed by atoms with van der Waals surface area (Å²) in [5.74, 6) is -0.141. The number of amides is 1. The third-order valence-electron chi connectivity index (χ3n) is 2.47. The number of hydrogen-bond acceptors (Lipinski definition) is 3. The van der Waals surface area contributed by atoms with Gasteiger partial charge in [0.05, 0.1) is 19.3 Å². The smallest absolute Gasteiger partial charge is 0.222 e. The van der Waals surface area contributed by atoms with Gasteiger partial charge in [-0.25, -0.2) is 0 Å². The molecule has 0 heterocycles. The molecule has 4 nitrogen and oxygen atoms in total. The maximum absolute atomic E-state index is 11.6. The van der Waals surface area contributed by atoms with E-state index in [9.17, 15) is 9.90 Å². The minimum atomic E-state index is -0.406. The Morgan fingerprint density at radius 3 is 2.67 bits per heavy atom. The molecular weight excluding hydrogens is 254 g/mol. The Balaban J connectivity index is 2.51. The maximum atomic E-state index is 11.6. The van der Waals surface area contributed by atoms with Crippen molar-refractivity contribution in [2.75, 3.05) is 19.8 Å². The van der Waals surface area contributed by atoms with Crippen molar-refractivity contribution in [3.05, 3.63) is 34.9 Å². The quantitative estimate of drug-likeness (QED) is 0.745. The average Bonchev–Trinajstić information content (AvgIpc) is 2.37. The van der Waals surface area contributed by atoms with E-state index < -0.39 is 6.04 Å². The van der Waals surface area contributed by atoms with Crippen LogP contribution in [0.3, 0.4) is 0 Å². The fourth-order valence-electron chi connectivity index (χ4n) is 1.51. The molecule has 18 heavy (non-hydrogen) atoms. The van der Waals surface area contributed by atoms with E-state index in [4.69, 9.17) is 16.3 Å². The van der Waals surface area contributed by atoms with Crippen LogP contribution in [0.25, 0.3) is 0 Å². The Hall–Kier alpha value is -1.10. The van der Waals surface area contributed by atoms with Crippen molar-refractivity contribution in [1.82, 2.24) is 5.32 Å². The number of benzene rings is 1. The number of nitrogens with one attached hydrogen (secondary N) is 1. The third kappa shape index (κ3) is 5.04. The highest BCUT2D eigenvalue weighted by Crippen LogP contribution is 2.16. The Labute approximate surface area is 112 Å². The SMILES string of the molecule is CCOCCC(=O)NC(CO)c1ccc(Cl)cc1. The van der Waals surface area contributed by atoms with Gasteiger partial charge in [-0.3, -0.25) is 4.79 Å². The second-order valence-electron chi connectivity index (χ2n) is 3.80. The third-order valence-corrected chi connectivity index (χ3v) is 2.72. The highest BCUT2D eigenvalue weighted by atomic mass is 35.5. The van der Waals surface area contributed by atoms with Crippen LogP contribution in [0.2, 0.25) is 5.02 Å². The van der Waals surface area contributed by atoms with E-state index in [1.807, 2.05) is 6.92 Å². The van der Waals surface area contributed by atoms with Gasteiger partial charge in [-0.15, -0.1) is 0 Å². The van der Waals surface area contributed by atoms with Gasteiger partial charge in [0, 0.05) is 18.1 Å². The predicted octanol–water partition coefficient (Wildman–Crippen LogP) is 1.92. The zero-order valence-corrected chi connectivity index (χ0v) is 11.1. The summed E-state index contributed by atoms with van der Waals surface area (Å²) in [5.41, 5.74) is 0.826. The number of hydrogen-bond donors (Lipinski definition) is 2. The van der Waals surface area contributed by atoms with Gasteiger partial charge in [-0.1, -0.05) is 23.7 Å². The van der Waals surface area contributed by atoms with Crippen molar-refractivity contribution >= 4 is 17.5 Å². The molecule has 0 aliphatic carbocycles. The van der Waals surface area contributed by atoms with Gasteiger partial charge in [0.15, 0.2) is 0 Å². The molecule has 1 aromatic rings. The van der Waals surface area contributed by atoms with E-state index in [0.29, 0.717) is 18.2 Å². The molecule has 0 fully saturated rings. The van der Waals surface area contributed by atoms with E-state index in [1.54, 1.807) is 24.3 Å². The first-order valence-electron chi connectivity index (χ1n) is 5.90. The van der Waals surface area contributed by atoms with E-state index in [-0.39, 0.29) is 18.9 Å². The molecule has 0 saturated carbocycles. The fourth-order valence-corrected chi connectivity index (χ4v) is 1.63. The van der Waals surface area contributed by atoms with Gasteiger partial charge < -0.3 is 15.2 Å². The van der Waals surface area contributed by atoms with Crippen LogP contribution in [0.4, 0.5) is 0 Å². The zero-order valence-electron chi connectivity index (χ0n) is 10.4. The summed E-state index contributed by atoms with van der Waals surface area (Å²) in [6.07, 6.45) is 0.290. The number of halogens is 1. The van der Waals surface area contributed by atoms with Gasteiger partial charge in [0.25, 0.3) is 0 Å². The molecule has 100 valence electrons. The number of aliphatic hydroxyl groups excluding tert-OH is 1. The largest absolute Gasteiger partial charge is 0.394 e. The minimum Gasteiger partial charge on any atom is -0.394 e. The van der Waals surface area contributed by atoms with Gasteiger partial charge in [-0.2, -0.15) is 0 Å². The highest BCUT2D eigenvalue weighted by Gasteiger charge is 2.13. The first-order chi connectivity index (χ1) is 8.67. The van der Waals surface area contributed by atoms with E-state index in [1.165, 1.54) is 0 Å². The number of carbonyl (C=O) groups is 1. The topological polar surface area (TPSA) is 58.6 Å². The molecule has 0 aliphatic rings. The predicted molar refractivity (Wildman–Crippen MR) is 70.5 cm³/mol. The molecule has 0 spiro atoms. The van der Waals surface area contributed by atoms with Crippen LogP contribution in [0.15, 0.2) is 24.3 Å². The fraction of sp³-hybridized carbons (Fsp3) is 0.462. The zero-order chi connectivity index (χ0) is 13.4. The van der Waals surface area contributed by atoms with Crippen LogP contribution >= 0.6 is 11.6 Å². The summed E-state index contributed by atoms with van der Waals surface area (Å²) in [6.45, 7) is 2.71. The molecule has 1 rings (SSSR count). The number of carbonyl (C=O) groups excluding carboxylic acids is 1. The van der Waals surface area contributed by atoms with Crippen molar-refractivity contribution < 1.29 is 14.6 Å². The lowest BCUT2D eigenvalue weighted by Gasteiger charge is -2.16. The number of rotatable bonds is 7. The van der Waals surface area contributed by atoms with Gasteiger partial charge in [-0.05, 0) is 24.6 Å².